The molecule has 2 heterocycles. The van der Waals surface area contributed by atoms with Gasteiger partial charge in [0, 0.05) is 37.5 Å². The molecule has 136 valence electrons. The third-order valence-electron chi connectivity index (χ3n) is 6.04. The topological polar surface area (TPSA) is 32.8 Å². The van der Waals surface area contributed by atoms with E-state index in [0.29, 0.717) is 24.0 Å². The second-order valence-corrected chi connectivity index (χ2v) is 8.15. The van der Waals surface area contributed by atoms with Gasteiger partial charge in [-0.2, -0.15) is 0 Å². The zero-order valence-electron chi connectivity index (χ0n) is 15.4. The lowest BCUT2D eigenvalue weighted by Gasteiger charge is -2.48. The Morgan fingerprint density at radius 1 is 1.24 bits per heavy atom. The molecular formula is C21H30N2O2. The standard InChI is InChI=1S/C21H30N2O2/c1-2-25-19-6-3-5-17(13-19)14-22-12-4-10-21(15-22)11-9-20(24)23(16-21)18-7-8-18/h3,5-6,13,18H,2,4,7-12,14-16H2,1H3/t21-/m1/s1. The molecule has 1 aliphatic carbocycles. The number of likely N-dealkylation sites (tertiary alicyclic amines) is 2. The van der Waals surface area contributed by atoms with Gasteiger partial charge in [0.1, 0.15) is 5.75 Å². The van der Waals surface area contributed by atoms with Crippen molar-refractivity contribution in [3.63, 3.8) is 0 Å². The highest BCUT2D eigenvalue weighted by Crippen LogP contribution is 2.42. The van der Waals surface area contributed by atoms with Crippen molar-refractivity contribution in [2.24, 2.45) is 5.41 Å². The van der Waals surface area contributed by atoms with Crippen LogP contribution >= 0.6 is 0 Å². The van der Waals surface area contributed by atoms with Crippen LogP contribution in [0.3, 0.4) is 0 Å². The van der Waals surface area contributed by atoms with Crippen LogP contribution < -0.4 is 4.74 Å². The molecule has 0 N–H and O–H groups in total. The maximum absolute atomic E-state index is 12.3. The molecule has 3 aliphatic rings. The van der Waals surface area contributed by atoms with E-state index < -0.39 is 0 Å². The molecule has 2 aliphatic heterocycles. The molecule has 1 atom stereocenters. The second-order valence-electron chi connectivity index (χ2n) is 8.15. The summed E-state index contributed by atoms with van der Waals surface area (Å²) in [7, 11) is 0. The number of ether oxygens (including phenoxy) is 1. The summed E-state index contributed by atoms with van der Waals surface area (Å²) in [6, 6.07) is 9.05. The van der Waals surface area contributed by atoms with Crippen LogP contribution in [0.4, 0.5) is 0 Å². The van der Waals surface area contributed by atoms with Gasteiger partial charge in [0.15, 0.2) is 0 Å². The van der Waals surface area contributed by atoms with Crippen molar-refractivity contribution in [3.8, 4) is 5.75 Å². The highest BCUT2D eigenvalue weighted by atomic mass is 16.5. The summed E-state index contributed by atoms with van der Waals surface area (Å²) in [5, 5.41) is 0. The van der Waals surface area contributed by atoms with E-state index in [4.69, 9.17) is 4.74 Å². The molecule has 4 heteroatoms. The van der Waals surface area contributed by atoms with Crippen LogP contribution in [0, 0.1) is 5.41 Å². The Morgan fingerprint density at radius 2 is 2.12 bits per heavy atom. The maximum Gasteiger partial charge on any atom is 0.222 e. The first-order chi connectivity index (χ1) is 12.2. The lowest BCUT2D eigenvalue weighted by molar-refractivity contribution is -0.140. The average molecular weight is 342 g/mol. The van der Waals surface area contributed by atoms with E-state index in [0.717, 1.165) is 44.8 Å². The number of piperidine rings is 2. The van der Waals surface area contributed by atoms with Crippen molar-refractivity contribution in [1.82, 2.24) is 9.80 Å². The van der Waals surface area contributed by atoms with E-state index >= 15 is 0 Å². The number of benzene rings is 1. The minimum atomic E-state index is 0.326. The number of amides is 1. The van der Waals surface area contributed by atoms with Crippen LogP contribution in [-0.4, -0.2) is 48.0 Å². The Balaban J connectivity index is 1.42. The van der Waals surface area contributed by atoms with Gasteiger partial charge in [-0.05, 0) is 63.3 Å². The molecule has 0 radical (unpaired) electrons. The average Bonchev–Trinajstić information content (AvgIpc) is 3.43. The van der Waals surface area contributed by atoms with Gasteiger partial charge >= 0.3 is 0 Å². The Morgan fingerprint density at radius 3 is 2.92 bits per heavy atom. The SMILES string of the molecule is CCOc1cccc(CN2CCC[C@@]3(CCC(=O)N(C4CC4)C3)C2)c1. The number of rotatable bonds is 5. The van der Waals surface area contributed by atoms with Gasteiger partial charge < -0.3 is 9.64 Å². The minimum absolute atomic E-state index is 0.326. The van der Waals surface area contributed by atoms with Crippen LogP contribution in [-0.2, 0) is 11.3 Å². The summed E-state index contributed by atoms with van der Waals surface area (Å²) in [5.74, 6) is 1.37. The number of carbonyl (C=O) groups is 1. The number of carbonyl (C=O) groups excluding carboxylic acids is 1. The van der Waals surface area contributed by atoms with Gasteiger partial charge in [0.25, 0.3) is 0 Å². The molecule has 0 aromatic heterocycles. The van der Waals surface area contributed by atoms with Gasteiger partial charge in [-0.25, -0.2) is 0 Å². The first-order valence-electron chi connectivity index (χ1n) is 9.91. The van der Waals surface area contributed by atoms with Crippen molar-refractivity contribution < 1.29 is 9.53 Å². The van der Waals surface area contributed by atoms with E-state index in [1.165, 1.54) is 31.2 Å². The van der Waals surface area contributed by atoms with Gasteiger partial charge in [-0.1, -0.05) is 12.1 Å². The van der Waals surface area contributed by atoms with E-state index in [9.17, 15) is 4.79 Å². The van der Waals surface area contributed by atoms with E-state index in [2.05, 4.69) is 28.0 Å². The molecule has 1 saturated carbocycles. The molecule has 1 aromatic rings. The van der Waals surface area contributed by atoms with E-state index in [1.807, 2.05) is 13.0 Å². The predicted octanol–water partition coefficient (Wildman–Crippen LogP) is 3.45. The fraction of sp³-hybridized carbons (Fsp3) is 0.667. The van der Waals surface area contributed by atoms with Crippen molar-refractivity contribution >= 4 is 5.91 Å². The van der Waals surface area contributed by atoms with Crippen molar-refractivity contribution in [2.45, 2.75) is 58.0 Å². The predicted molar refractivity (Wildman–Crippen MR) is 98.5 cm³/mol. The van der Waals surface area contributed by atoms with Gasteiger partial charge in [-0.3, -0.25) is 9.69 Å². The zero-order valence-corrected chi connectivity index (χ0v) is 15.4. The summed E-state index contributed by atoms with van der Waals surface area (Å²) < 4.78 is 5.64. The molecule has 4 rings (SSSR count). The summed E-state index contributed by atoms with van der Waals surface area (Å²) >= 11 is 0. The lowest BCUT2D eigenvalue weighted by atomic mass is 9.73. The van der Waals surface area contributed by atoms with E-state index in [-0.39, 0.29) is 0 Å². The minimum Gasteiger partial charge on any atom is -0.494 e. The van der Waals surface area contributed by atoms with Crippen LogP contribution in [0.2, 0.25) is 0 Å². The second kappa shape index (κ2) is 6.99. The summed E-state index contributed by atoms with van der Waals surface area (Å²) in [6.45, 7) is 7.00. The molecule has 1 amide bonds. The van der Waals surface area contributed by atoms with Gasteiger partial charge in [0.2, 0.25) is 5.91 Å². The number of hydrogen-bond acceptors (Lipinski definition) is 3. The maximum atomic E-state index is 12.3. The third kappa shape index (κ3) is 3.84. The molecule has 25 heavy (non-hydrogen) atoms. The summed E-state index contributed by atoms with van der Waals surface area (Å²) in [4.78, 5) is 17.1. The summed E-state index contributed by atoms with van der Waals surface area (Å²) in [5.41, 5.74) is 1.65. The molecule has 4 nitrogen and oxygen atoms in total. The zero-order chi connectivity index (χ0) is 17.3. The molecule has 1 spiro atoms. The van der Waals surface area contributed by atoms with Crippen LogP contribution in [0.1, 0.15) is 51.0 Å². The van der Waals surface area contributed by atoms with Crippen molar-refractivity contribution in [2.75, 3.05) is 26.2 Å². The Labute approximate surface area is 151 Å². The Bertz CT molecular complexity index is 628. The smallest absolute Gasteiger partial charge is 0.222 e. The monoisotopic (exact) mass is 342 g/mol. The first-order valence-corrected chi connectivity index (χ1v) is 9.91. The fourth-order valence-electron chi connectivity index (χ4n) is 4.70. The highest BCUT2D eigenvalue weighted by molar-refractivity contribution is 5.78. The Hall–Kier alpha value is -1.55. The Kier molecular flexibility index (Phi) is 4.72. The fourth-order valence-corrected chi connectivity index (χ4v) is 4.70. The molecule has 1 aromatic carbocycles. The summed E-state index contributed by atoms with van der Waals surface area (Å²) in [6.07, 6.45) is 6.79. The normalized spacial score (nSPS) is 27.7. The molecule has 0 unspecified atom stereocenters. The molecular weight excluding hydrogens is 312 g/mol. The van der Waals surface area contributed by atoms with Crippen LogP contribution in [0.15, 0.2) is 24.3 Å². The largest absolute Gasteiger partial charge is 0.494 e. The lowest BCUT2D eigenvalue weighted by Crippen LogP contribution is -2.54. The van der Waals surface area contributed by atoms with E-state index in [1.54, 1.807) is 0 Å². The van der Waals surface area contributed by atoms with Crippen LogP contribution in [0.5, 0.6) is 5.75 Å². The van der Waals surface area contributed by atoms with Crippen molar-refractivity contribution in [3.05, 3.63) is 29.8 Å². The number of hydrogen-bond donors (Lipinski definition) is 0. The molecule has 0 bridgehead atoms. The molecule has 2 saturated heterocycles. The van der Waals surface area contributed by atoms with Gasteiger partial charge in [0.05, 0.1) is 6.61 Å². The first kappa shape index (κ1) is 16.9. The van der Waals surface area contributed by atoms with Gasteiger partial charge in [-0.15, -0.1) is 0 Å². The van der Waals surface area contributed by atoms with Crippen LogP contribution in [0.25, 0.3) is 0 Å². The van der Waals surface area contributed by atoms with Crippen molar-refractivity contribution in [1.29, 1.82) is 0 Å². The quantitative estimate of drug-likeness (QED) is 0.822. The third-order valence-corrected chi connectivity index (χ3v) is 6.04. The molecule has 3 fully saturated rings. The number of nitrogens with zero attached hydrogens (tertiary/aromatic N) is 2. The highest BCUT2D eigenvalue weighted by Gasteiger charge is 2.45.